The molecule has 0 saturated heterocycles. The molecule has 1 aliphatic heterocycles. The van der Waals surface area contributed by atoms with Gasteiger partial charge in [-0.2, -0.15) is 0 Å². The highest BCUT2D eigenvalue weighted by Gasteiger charge is 2.25. The molecule has 0 fully saturated rings. The summed E-state index contributed by atoms with van der Waals surface area (Å²) in [6.07, 6.45) is 1.48. The monoisotopic (exact) mass is 421 g/mol. The van der Waals surface area contributed by atoms with E-state index in [1.165, 1.54) is 30.0 Å². The molecule has 0 spiro atoms. The third kappa shape index (κ3) is 3.90. The summed E-state index contributed by atoms with van der Waals surface area (Å²) in [6, 6.07) is 13.4. The number of cyclic esters (lactones) is 1. The second-order valence-corrected chi connectivity index (χ2v) is 7.40. The first-order valence-electron chi connectivity index (χ1n) is 9.03. The van der Waals surface area contributed by atoms with Crippen molar-refractivity contribution in [3.63, 3.8) is 0 Å². The Hall–Kier alpha value is -3.65. The van der Waals surface area contributed by atoms with Gasteiger partial charge in [-0.05, 0) is 37.3 Å². The zero-order valence-corrected chi connectivity index (χ0v) is 16.9. The van der Waals surface area contributed by atoms with Crippen LogP contribution in [-0.2, 0) is 14.3 Å². The molecule has 0 saturated carbocycles. The van der Waals surface area contributed by atoms with E-state index < -0.39 is 11.8 Å². The number of anilines is 2. The van der Waals surface area contributed by atoms with Crippen LogP contribution in [0, 0.1) is 12.7 Å². The average molecular weight is 421 g/mol. The number of para-hydroxylation sites is 1. The van der Waals surface area contributed by atoms with Gasteiger partial charge in [0.15, 0.2) is 10.8 Å². The smallest absolute Gasteiger partial charge is 0.363 e. The Balaban J connectivity index is 1.65. The quantitative estimate of drug-likeness (QED) is 0.455. The van der Waals surface area contributed by atoms with Gasteiger partial charge in [-0.3, -0.25) is 9.69 Å². The molecule has 150 valence electrons. The standard InChI is InChI=1S/C22H16FN3O3S/c1-13-6-5-7-15(10-13)20-25-18(21(28)29-20)11-16-12-30-22(24-16)26(14(2)27)19-9-4-3-8-17(19)23/h3-12H,1-2H3/b18-11-. The largest absolute Gasteiger partial charge is 0.402 e. The second kappa shape index (κ2) is 8.00. The lowest BCUT2D eigenvalue weighted by atomic mass is 10.1. The molecule has 0 unspecified atom stereocenters. The van der Waals surface area contributed by atoms with Crippen molar-refractivity contribution in [3.8, 4) is 0 Å². The molecule has 0 atom stereocenters. The van der Waals surface area contributed by atoms with E-state index in [1.807, 2.05) is 31.2 Å². The van der Waals surface area contributed by atoms with E-state index in [4.69, 9.17) is 4.74 Å². The number of carbonyl (C=O) groups is 2. The van der Waals surface area contributed by atoms with Crippen molar-refractivity contribution in [2.45, 2.75) is 13.8 Å². The number of benzene rings is 2. The molecule has 4 rings (SSSR count). The fourth-order valence-corrected chi connectivity index (χ4v) is 3.77. The van der Waals surface area contributed by atoms with Crippen molar-refractivity contribution in [1.29, 1.82) is 0 Å². The van der Waals surface area contributed by atoms with Crippen molar-refractivity contribution in [2.75, 3.05) is 4.90 Å². The summed E-state index contributed by atoms with van der Waals surface area (Å²) >= 11 is 1.16. The van der Waals surface area contributed by atoms with Crippen molar-refractivity contribution < 1.29 is 18.7 Å². The molecule has 0 N–H and O–H groups in total. The van der Waals surface area contributed by atoms with Crippen LogP contribution in [0.4, 0.5) is 15.2 Å². The van der Waals surface area contributed by atoms with Gasteiger partial charge >= 0.3 is 5.97 Å². The van der Waals surface area contributed by atoms with Crippen LogP contribution in [0.25, 0.3) is 6.08 Å². The molecule has 1 amide bonds. The van der Waals surface area contributed by atoms with Crippen LogP contribution >= 0.6 is 11.3 Å². The van der Waals surface area contributed by atoms with E-state index in [1.54, 1.807) is 17.5 Å². The molecule has 2 heterocycles. The number of aliphatic imine (C=N–C) groups is 1. The minimum atomic E-state index is -0.585. The summed E-state index contributed by atoms with van der Waals surface area (Å²) in [4.78, 5) is 34.2. The van der Waals surface area contributed by atoms with Crippen LogP contribution in [0.5, 0.6) is 0 Å². The van der Waals surface area contributed by atoms with Crippen LogP contribution in [-0.4, -0.2) is 22.8 Å². The third-order valence-corrected chi connectivity index (χ3v) is 5.12. The normalized spacial score (nSPS) is 14.6. The maximum Gasteiger partial charge on any atom is 0.363 e. The second-order valence-electron chi connectivity index (χ2n) is 6.57. The Morgan fingerprint density at radius 1 is 1.20 bits per heavy atom. The van der Waals surface area contributed by atoms with Crippen LogP contribution in [0.2, 0.25) is 0 Å². The minimum absolute atomic E-state index is 0.101. The molecule has 0 bridgehead atoms. The van der Waals surface area contributed by atoms with Crippen molar-refractivity contribution in [1.82, 2.24) is 4.98 Å². The lowest BCUT2D eigenvalue weighted by Gasteiger charge is -2.18. The van der Waals surface area contributed by atoms with Crippen molar-refractivity contribution in [2.24, 2.45) is 4.99 Å². The molecule has 0 radical (unpaired) electrons. The topological polar surface area (TPSA) is 71.9 Å². The first-order chi connectivity index (χ1) is 14.4. The SMILES string of the molecule is CC(=O)N(c1nc(/C=C2\N=C(c3cccc(C)c3)OC2=O)cs1)c1ccccc1F. The Labute approximate surface area is 176 Å². The highest BCUT2D eigenvalue weighted by Crippen LogP contribution is 2.31. The molecule has 3 aromatic rings. The van der Waals surface area contributed by atoms with Gasteiger partial charge < -0.3 is 4.74 Å². The predicted molar refractivity (Wildman–Crippen MR) is 113 cm³/mol. The number of rotatable bonds is 4. The molecule has 30 heavy (non-hydrogen) atoms. The third-order valence-electron chi connectivity index (χ3n) is 4.28. The molecule has 6 nitrogen and oxygen atoms in total. The number of esters is 1. The van der Waals surface area contributed by atoms with Gasteiger partial charge in [-0.15, -0.1) is 11.3 Å². The lowest BCUT2D eigenvalue weighted by molar-refractivity contribution is -0.130. The zero-order chi connectivity index (χ0) is 21.3. The number of halogens is 1. The van der Waals surface area contributed by atoms with E-state index in [9.17, 15) is 14.0 Å². The average Bonchev–Trinajstić information content (AvgIpc) is 3.31. The summed E-state index contributed by atoms with van der Waals surface area (Å²) in [7, 11) is 0. The Morgan fingerprint density at radius 2 is 2.00 bits per heavy atom. The highest BCUT2D eigenvalue weighted by atomic mass is 32.1. The summed E-state index contributed by atoms with van der Waals surface area (Å²) in [5.74, 6) is -1.27. The van der Waals surface area contributed by atoms with Gasteiger partial charge in [0.05, 0.1) is 11.4 Å². The number of ether oxygens (including phenoxy) is 1. The van der Waals surface area contributed by atoms with E-state index >= 15 is 0 Å². The molecular formula is C22H16FN3O3S. The first kappa shape index (κ1) is 19.7. The number of hydrogen-bond acceptors (Lipinski definition) is 6. The zero-order valence-electron chi connectivity index (χ0n) is 16.1. The number of carbonyl (C=O) groups excluding carboxylic acids is 2. The maximum atomic E-state index is 14.2. The van der Waals surface area contributed by atoms with Gasteiger partial charge in [-0.25, -0.2) is 19.2 Å². The molecule has 0 aliphatic carbocycles. The van der Waals surface area contributed by atoms with Gasteiger partial charge in [0.1, 0.15) is 5.82 Å². The van der Waals surface area contributed by atoms with Crippen molar-refractivity contribution >= 4 is 46.0 Å². The Morgan fingerprint density at radius 3 is 2.73 bits per heavy atom. The number of hydrogen-bond donors (Lipinski definition) is 0. The molecule has 8 heteroatoms. The number of nitrogens with zero attached hydrogens (tertiary/aromatic N) is 3. The van der Waals surface area contributed by atoms with Crippen LogP contribution in [0.3, 0.4) is 0 Å². The fraction of sp³-hybridized carbons (Fsp3) is 0.0909. The number of aryl methyl sites for hydroxylation is 1. The summed E-state index contributed by atoms with van der Waals surface area (Å²) in [5, 5.41) is 1.95. The minimum Gasteiger partial charge on any atom is -0.402 e. The molecule has 2 aromatic carbocycles. The summed E-state index contributed by atoms with van der Waals surface area (Å²) in [6.45, 7) is 3.27. The predicted octanol–water partition coefficient (Wildman–Crippen LogP) is 4.62. The molecule has 1 aromatic heterocycles. The number of aromatic nitrogens is 1. The van der Waals surface area contributed by atoms with Crippen LogP contribution in [0.15, 0.2) is 64.6 Å². The van der Waals surface area contributed by atoms with E-state index in [-0.39, 0.29) is 28.3 Å². The Kier molecular flexibility index (Phi) is 5.24. The van der Waals surface area contributed by atoms with Crippen LogP contribution < -0.4 is 4.90 Å². The number of amides is 1. The van der Waals surface area contributed by atoms with Crippen LogP contribution in [0.1, 0.15) is 23.7 Å². The molecule has 1 aliphatic rings. The highest BCUT2D eigenvalue weighted by molar-refractivity contribution is 7.14. The lowest BCUT2D eigenvalue weighted by Crippen LogP contribution is -2.23. The number of thiazole rings is 1. The summed E-state index contributed by atoms with van der Waals surface area (Å²) < 4.78 is 19.5. The van der Waals surface area contributed by atoms with Crippen molar-refractivity contribution in [3.05, 3.63) is 82.2 Å². The van der Waals surface area contributed by atoms with Gasteiger partial charge in [0.25, 0.3) is 0 Å². The summed E-state index contributed by atoms with van der Waals surface area (Å²) in [5.41, 5.74) is 2.35. The Bertz CT molecular complexity index is 1220. The van der Waals surface area contributed by atoms with Gasteiger partial charge in [0.2, 0.25) is 11.8 Å². The first-order valence-corrected chi connectivity index (χ1v) is 9.90. The van der Waals surface area contributed by atoms with E-state index in [0.29, 0.717) is 11.3 Å². The molecular weight excluding hydrogens is 405 g/mol. The van der Waals surface area contributed by atoms with Gasteiger partial charge in [0, 0.05) is 17.9 Å². The van der Waals surface area contributed by atoms with E-state index in [2.05, 4.69) is 9.98 Å². The maximum absolute atomic E-state index is 14.2. The van der Waals surface area contributed by atoms with Gasteiger partial charge in [-0.1, -0.05) is 29.8 Å². The fourth-order valence-electron chi connectivity index (χ4n) is 2.94. The van der Waals surface area contributed by atoms with E-state index in [0.717, 1.165) is 16.9 Å².